The Morgan fingerprint density at radius 3 is 2.06 bits per heavy atom. The standard InChI is InChI=1S/C28H24N2O4/c31-25-14-11-23(12-15-25)28(32)30-29-18-24-13-16-26(33-19-21-7-3-1-4-8-21)17-27(24)34-20-22-9-5-2-6-10-22/h1-18,31H,19-20H2,(H,30,32)/b29-18+. The van der Waals surface area contributed by atoms with Crippen molar-refractivity contribution in [2.45, 2.75) is 13.2 Å². The van der Waals surface area contributed by atoms with Crippen LogP contribution in [0.5, 0.6) is 17.2 Å². The van der Waals surface area contributed by atoms with Gasteiger partial charge in [0, 0.05) is 17.2 Å². The lowest BCUT2D eigenvalue weighted by atomic mass is 10.2. The van der Waals surface area contributed by atoms with Crippen LogP contribution < -0.4 is 14.9 Å². The number of nitrogens with zero attached hydrogens (tertiary/aromatic N) is 1. The lowest BCUT2D eigenvalue weighted by Gasteiger charge is -2.12. The van der Waals surface area contributed by atoms with Crippen molar-refractivity contribution >= 4 is 12.1 Å². The summed E-state index contributed by atoms with van der Waals surface area (Å²) < 4.78 is 12.0. The topological polar surface area (TPSA) is 80.2 Å². The Labute approximate surface area is 198 Å². The highest BCUT2D eigenvalue weighted by Gasteiger charge is 2.08. The lowest BCUT2D eigenvalue weighted by Crippen LogP contribution is -2.17. The van der Waals surface area contributed by atoms with Crippen LogP contribution in [-0.2, 0) is 13.2 Å². The average molecular weight is 453 g/mol. The number of phenols is 1. The van der Waals surface area contributed by atoms with Crippen LogP contribution in [0, 0.1) is 0 Å². The van der Waals surface area contributed by atoms with E-state index in [0.717, 1.165) is 11.1 Å². The Bertz CT molecular complexity index is 1240. The molecule has 4 aromatic rings. The second-order valence-corrected chi connectivity index (χ2v) is 7.49. The summed E-state index contributed by atoms with van der Waals surface area (Å²) in [6, 6.07) is 31.2. The Morgan fingerprint density at radius 2 is 1.41 bits per heavy atom. The van der Waals surface area contributed by atoms with E-state index in [1.807, 2.05) is 78.9 Å². The van der Waals surface area contributed by atoms with Gasteiger partial charge in [-0.3, -0.25) is 4.79 Å². The van der Waals surface area contributed by atoms with E-state index in [0.29, 0.717) is 35.8 Å². The first-order valence-corrected chi connectivity index (χ1v) is 10.8. The summed E-state index contributed by atoms with van der Waals surface area (Å²) in [7, 11) is 0. The van der Waals surface area contributed by atoms with Crippen LogP contribution in [0.15, 0.2) is 108 Å². The van der Waals surface area contributed by atoms with Crippen molar-refractivity contribution in [3.63, 3.8) is 0 Å². The highest BCUT2D eigenvalue weighted by atomic mass is 16.5. The lowest BCUT2D eigenvalue weighted by molar-refractivity contribution is 0.0955. The molecule has 0 aliphatic heterocycles. The molecule has 0 radical (unpaired) electrons. The highest BCUT2D eigenvalue weighted by Crippen LogP contribution is 2.25. The number of nitrogens with one attached hydrogen (secondary N) is 1. The van der Waals surface area contributed by atoms with Gasteiger partial charge in [0.15, 0.2) is 0 Å². The number of carbonyl (C=O) groups excluding carboxylic acids is 1. The zero-order valence-corrected chi connectivity index (χ0v) is 18.4. The monoisotopic (exact) mass is 452 g/mol. The quantitative estimate of drug-likeness (QED) is 0.266. The fourth-order valence-corrected chi connectivity index (χ4v) is 3.15. The maximum absolute atomic E-state index is 12.3. The molecule has 0 heterocycles. The molecule has 0 saturated carbocycles. The summed E-state index contributed by atoms with van der Waals surface area (Å²) in [5.74, 6) is 0.954. The molecule has 0 aromatic heterocycles. The third-order valence-corrected chi connectivity index (χ3v) is 4.97. The van der Waals surface area contributed by atoms with Crippen molar-refractivity contribution < 1.29 is 19.4 Å². The van der Waals surface area contributed by atoms with Gasteiger partial charge in [-0.1, -0.05) is 60.7 Å². The molecule has 4 rings (SSSR count). The van der Waals surface area contributed by atoms with Crippen LogP contribution in [0.4, 0.5) is 0 Å². The smallest absolute Gasteiger partial charge is 0.271 e. The van der Waals surface area contributed by atoms with Gasteiger partial charge in [0.2, 0.25) is 0 Å². The largest absolute Gasteiger partial charge is 0.508 e. The molecule has 6 nitrogen and oxygen atoms in total. The molecule has 0 fully saturated rings. The molecule has 4 aromatic carbocycles. The molecule has 0 atom stereocenters. The number of aromatic hydroxyl groups is 1. The third-order valence-electron chi connectivity index (χ3n) is 4.97. The summed E-state index contributed by atoms with van der Waals surface area (Å²) in [4.78, 5) is 12.3. The number of hydrogen-bond acceptors (Lipinski definition) is 5. The molecule has 0 saturated heterocycles. The second-order valence-electron chi connectivity index (χ2n) is 7.49. The first kappa shape index (κ1) is 22.6. The Morgan fingerprint density at radius 1 is 0.794 bits per heavy atom. The number of phenolic OH excluding ortho intramolecular Hbond substituents is 1. The van der Waals surface area contributed by atoms with Gasteiger partial charge in [0.1, 0.15) is 30.5 Å². The first-order valence-electron chi connectivity index (χ1n) is 10.8. The van der Waals surface area contributed by atoms with Crippen LogP contribution in [0.2, 0.25) is 0 Å². The van der Waals surface area contributed by atoms with Crippen LogP contribution in [0.1, 0.15) is 27.0 Å². The van der Waals surface area contributed by atoms with Gasteiger partial charge in [-0.25, -0.2) is 5.43 Å². The average Bonchev–Trinajstić information content (AvgIpc) is 2.88. The number of hydrazone groups is 1. The zero-order valence-electron chi connectivity index (χ0n) is 18.4. The summed E-state index contributed by atoms with van der Waals surface area (Å²) in [5.41, 5.74) is 5.66. The number of rotatable bonds is 9. The van der Waals surface area contributed by atoms with E-state index in [1.165, 1.54) is 30.5 Å². The van der Waals surface area contributed by atoms with Crippen molar-refractivity contribution in [1.82, 2.24) is 5.43 Å². The molecule has 34 heavy (non-hydrogen) atoms. The summed E-state index contributed by atoms with van der Waals surface area (Å²) in [5, 5.41) is 13.4. The molecule has 0 aliphatic carbocycles. The number of amides is 1. The van der Waals surface area contributed by atoms with Crippen molar-refractivity contribution in [2.24, 2.45) is 5.10 Å². The molecule has 170 valence electrons. The fourth-order valence-electron chi connectivity index (χ4n) is 3.15. The predicted molar refractivity (Wildman–Crippen MR) is 131 cm³/mol. The fraction of sp³-hybridized carbons (Fsp3) is 0.0714. The minimum absolute atomic E-state index is 0.0924. The van der Waals surface area contributed by atoms with Crippen molar-refractivity contribution in [3.8, 4) is 17.2 Å². The van der Waals surface area contributed by atoms with E-state index >= 15 is 0 Å². The maximum atomic E-state index is 12.3. The molecule has 0 unspecified atom stereocenters. The Balaban J connectivity index is 1.47. The van der Waals surface area contributed by atoms with Crippen molar-refractivity contribution in [2.75, 3.05) is 0 Å². The summed E-state index contributed by atoms with van der Waals surface area (Å²) >= 11 is 0. The van der Waals surface area contributed by atoms with E-state index in [4.69, 9.17) is 9.47 Å². The predicted octanol–water partition coefficient (Wildman–Crippen LogP) is 5.31. The zero-order chi connectivity index (χ0) is 23.6. The minimum Gasteiger partial charge on any atom is -0.508 e. The normalized spacial score (nSPS) is 10.7. The SMILES string of the molecule is O=C(N/N=C/c1ccc(OCc2ccccc2)cc1OCc1ccccc1)c1ccc(O)cc1. The number of hydrogen-bond donors (Lipinski definition) is 2. The molecule has 0 spiro atoms. The van der Waals surface area contributed by atoms with E-state index in [-0.39, 0.29) is 11.7 Å². The van der Waals surface area contributed by atoms with Gasteiger partial charge in [-0.15, -0.1) is 0 Å². The van der Waals surface area contributed by atoms with E-state index in [2.05, 4.69) is 10.5 Å². The van der Waals surface area contributed by atoms with Crippen LogP contribution in [-0.4, -0.2) is 17.2 Å². The van der Waals surface area contributed by atoms with Gasteiger partial charge >= 0.3 is 0 Å². The molecular weight excluding hydrogens is 428 g/mol. The molecular formula is C28H24N2O4. The molecule has 0 aliphatic rings. The minimum atomic E-state index is -0.384. The van der Waals surface area contributed by atoms with Gasteiger partial charge in [-0.2, -0.15) is 5.10 Å². The van der Waals surface area contributed by atoms with E-state index in [1.54, 1.807) is 0 Å². The van der Waals surface area contributed by atoms with Gasteiger partial charge < -0.3 is 14.6 Å². The van der Waals surface area contributed by atoms with Crippen LogP contribution >= 0.6 is 0 Å². The Hall–Kier alpha value is -4.58. The Kier molecular flexibility index (Phi) is 7.54. The third kappa shape index (κ3) is 6.46. The van der Waals surface area contributed by atoms with Crippen LogP contribution in [0.3, 0.4) is 0 Å². The molecule has 1 amide bonds. The van der Waals surface area contributed by atoms with Crippen LogP contribution in [0.25, 0.3) is 0 Å². The number of carbonyl (C=O) groups is 1. The number of ether oxygens (including phenoxy) is 2. The molecule has 0 bridgehead atoms. The van der Waals surface area contributed by atoms with Crippen molar-refractivity contribution in [1.29, 1.82) is 0 Å². The highest BCUT2D eigenvalue weighted by molar-refractivity contribution is 5.95. The van der Waals surface area contributed by atoms with E-state index in [9.17, 15) is 9.90 Å². The summed E-state index contributed by atoms with van der Waals surface area (Å²) in [6.45, 7) is 0.818. The first-order chi connectivity index (χ1) is 16.7. The molecule has 2 N–H and O–H groups in total. The second kappa shape index (κ2) is 11.3. The van der Waals surface area contributed by atoms with Gasteiger partial charge in [0.05, 0.1) is 6.21 Å². The van der Waals surface area contributed by atoms with E-state index < -0.39 is 0 Å². The maximum Gasteiger partial charge on any atom is 0.271 e. The van der Waals surface area contributed by atoms with Crippen molar-refractivity contribution in [3.05, 3.63) is 125 Å². The summed E-state index contributed by atoms with van der Waals surface area (Å²) in [6.07, 6.45) is 1.53. The van der Waals surface area contributed by atoms with Gasteiger partial charge in [0.25, 0.3) is 5.91 Å². The number of benzene rings is 4. The molecule has 6 heteroatoms. The van der Waals surface area contributed by atoms with Gasteiger partial charge in [-0.05, 0) is 47.5 Å².